The molecule has 4 nitrogen and oxygen atoms in total. The highest BCUT2D eigenvalue weighted by molar-refractivity contribution is 6.55. The second kappa shape index (κ2) is 5.84. The summed E-state index contributed by atoms with van der Waals surface area (Å²) in [5.74, 6) is -0.471. The van der Waals surface area contributed by atoms with E-state index in [1.54, 1.807) is 18.2 Å². The second-order valence-corrected chi connectivity index (χ2v) is 6.36. The third-order valence-corrected chi connectivity index (χ3v) is 4.26. The summed E-state index contributed by atoms with van der Waals surface area (Å²) in [5, 5.41) is 8.78. The Morgan fingerprint density at radius 2 is 1.91 bits per heavy atom. The van der Waals surface area contributed by atoms with E-state index in [0.717, 1.165) is 0 Å². The summed E-state index contributed by atoms with van der Waals surface area (Å²) in [7, 11) is -0.606. The topological polar surface area (TPSA) is 68.3 Å². The van der Waals surface area contributed by atoms with Crippen LogP contribution in [0.25, 0.3) is 6.08 Å². The average Bonchev–Trinajstić information content (AvgIpc) is 2.65. The van der Waals surface area contributed by atoms with Gasteiger partial charge in [-0.2, -0.15) is 5.26 Å². The van der Waals surface area contributed by atoms with Crippen LogP contribution in [0.3, 0.4) is 0 Å². The van der Waals surface area contributed by atoms with Gasteiger partial charge in [0.05, 0.1) is 22.8 Å². The highest BCUT2D eigenvalue weighted by atomic mass is 19.1. The lowest BCUT2D eigenvalue weighted by molar-refractivity contribution is 0.00578. The van der Waals surface area contributed by atoms with Crippen LogP contribution in [0.4, 0.5) is 4.39 Å². The summed E-state index contributed by atoms with van der Waals surface area (Å²) >= 11 is 0. The molecule has 1 saturated heterocycles. The molecule has 1 fully saturated rings. The van der Waals surface area contributed by atoms with Crippen LogP contribution in [0.5, 0.6) is 0 Å². The molecule has 0 spiro atoms. The Labute approximate surface area is 130 Å². The Hall–Kier alpha value is -1.68. The highest BCUT2D eigenvalue weighted by Gasteiger charge is 2.52. The lowest BCUT2D eigenvalue weighted by atomic mass is 9.77. The van der Waals surface area contributed by atoms with Crippen molar-refractivity contribution in [1.82, 2.24) is 0 Å². The molecule has 1 heterocycles. The van der Waals surface area contributed by atoms with Crippen molar-refractivity contribution in [2.75, 3.05) is 6.54 Å². The van der Waals surface area contributed by atoms with Crippen LogP contribution >= 0.6 is 0 Å². The van der Waals surface area contributed by atoms with E-state index in [9.17, 15) is 4.39 Å². The molecule has 0 amide bonds. The van der Waals surface area contributed by atoms with Gasteiger partial charge in [-0.3, -0.25) is 0 Å². The van der Waals surface area contributed by atoms with E-state index in [4.69, 9.17) is 20.3 Å². The first-order valence-corrected chi connectivity index (χ1v) is 7.16. The molecule has 6 heteroatoms. The highest BCUT2D eigenvalue weighted by Crippen LogP contribution is 2.38. The summed E-state index contributed by atoms with van der Waals surface area (Å²) in [4.78, 5) is 0. The van der Waals surface area contributed by atoms with Gasteiger partial charge < -0.3 is 15.0 Å². The molecule has 1 aromatic carbocycles. The van der Waals surface area contributed by atoms with Crippen LogP contribution < -0.4 is 5.73 Å². The Morgan fingerprint density at radius 3 is 2.36 bits per heavy atom. The average molecular weight is 302 g/mol. The molecule has 0 aliphatic carbocycles. The molecular formula is C16H20BFN2O2. The quantitative estimate of drug-likeness (QED) is 0.872. The summed E-state index contributed by atoms with van der Waals surface area (Å²) < 4.78 is 25.9. The maximum Gasteiger partial charge on any atom is 0.491 e. The predicted molar refractivity (Wildman–Crippen MR) is 84.2 cm³/mol. The van der Waals surface area contributed by atoms with Crippen LogP contribution in [-0.2, 0) is 9.31 Å². The minimum Gasteiger partial charge on any atom is -0.400 e. The van der Waals surface area contributed by atoms with E-state index < -0.39 is 24.1 Å². The van der Waals surface area contributed by atoms with E-state index in [1.165, 1.54) is 6.07 Å². The van der Waals surface area contributed by atoms with Gasteiger partial charge in [-0.25, -0.2) is 4.39 Å². The third kappa shape index (κ3) is 3.07. The van der Waals surface area contributed by atoms with Crippen molar-refractivity contribution in [3.05, 3.63) is 40.6 Å². The zero-order valence-electron chi connectivity index (χ0n) is 13.3. The summed E-state index contributed by atoms with van der Waals surface area (Å²) in [6.07, 6.45) is 1.62. The number of halogens is 1. The standard InChI is InChI=1S/C16H20BFN2O2/c1-15(2)16(3,4)22-17(21-15)13(10-20)8-12-6-5-11(9-19)7-14(12)18/h5-8H,10,20H2,1-4H3. The first kappa shape index (κ1) is 16.7. The van der Waals surface area contributed by atoms with E-state index in [2.05, 4.69) is 0 Å². The molecule has 0 bridgehead atoms. The molecule has 1 aliphatic heterocycles. The molecule has 2 rings (SSSR count). The fraction of sp³-hybridized carbons (Fsp3) is 0.438. The number of rotatable bonds is 3. The predicted octanol–water partition coefficient (Wildman–Crippen LogP) is 2.67. The van der Waals surface area contributed by atoms with Crippen molar-refractivity contribution in [2.24, 2.45) is 5.73 Å². The molecule has 0 unspecified atom stereocenters. The Bertz CT molecular complexity index is 634. The molecule has 22 heavy (non-hydrogen) atoms. The molecule has 116 valence electrons. The van der Waals surface area contributed by atoms with Gasteiger partial charge in [0.15, 0.2) is 0 Å². The Kier molecular flexibility index (Phi) is 4.43. The molecule has 1 aromatic rings. The number of nitrogens with two attached hydrogens (primary N) is 1. The minimum atomic E-state index is -0.606. The molecule has 0 atom stereocenters. The minimum absolute atomic E-state index is 0.191. The number of nitriles is 1. The van der Waals surface area contributed by atoms with Crippen molar-refractivity contribution in [3.63, 3.8) is 0 Å². The van der Waals surface area contributed by atoms with Crippen LogP contribution in [0.1, 0.15) is 38.8 Å². The summed E-state index contributed by atoms with van der Waals surface area (Å²) in [6.45, 7) is 7.98. The number of hydrogen-bond donors (Lipinski definition) is 1. The van der Waals surface area contributed by atoms with Gasteiger partial charge in [-0.15, -0.1) is 0 Å². The lowest BCUT2D eigenvalue weighted by Gasteiger charge is -2.32. The van der Waals surface area contributed by atoms with Gasteiger partial charge in [0.1, 0.15) is 5.82 Å². The number of nitrogens with zero attached hydrogens (tertiary/aromatic N) is 1. The van der Waals surface area contributed by atoms with E-state index in [1.807, 2.05) is 33.8 Å². The molecule has 0 radical (unpaired) electrons. The van der Waals surface area contributed by atoms with Gasteiger partial charge in [0.25, 0.3) is 0 Å². The van der Waals surface area contributed by atoms with Crippen LogP contribution in [0.15, 0.2) is 23.7 Å². The zero-order chi connectivity index (χ0) is 16.5. The molecule has 0 saturated carbocycles. The first-order valence-electron chi connectivity index (χ1n) is 7.16. The fourth-order valence-corrected chi connectivity index (χ4v) is 2.13. The largest absolute Gasteiger partial charge is 0.491 e. The summed E-state index contributed by atoms with van der Waals surface area (Å²) in [6, 6.07) is 6.22. The van der Waals surface area contributed by atoms with Gasteiger partial charge in [-0.05, 0) is 45.3 Å². The monoisotopic (exact) mass is 302 g/mol. The lowest BCUT2D eigenvalue weighted by Crippen LogP contribution is -2.41. The van der Waals surface area contributed by atoms with Crippen molar-refractivity contribution in [3.8, 4) is 6.07 Å². The first-order chi connectivity index (χ1) is 10.2. The Morgan fingerprint density at radius 1 is 1.32 bits per heavy atom. The Balaban J connectivity index is 2.32. The normalized spacial score (nSPS) is 20.0. The molecule has 2 N–H and O–H groups in total. The maximum atomic E-state index is 14.0. The van der Waals surface area contributed by atoms with Gasteiger partial charge >= 0.3 is 7.12 Å². The number of hydrogen-bond acceptors (Lipinski definition) is 4. The number of benzene rings is 1. The van der Waals surface area contributed by atoms with Crippen molar-refractivity contribution in [2.45, 2.75) is 38.9 Å². The maximum absolute atomic E-state index is 14.0. The third-order valence-electron chi connectivity index (χ3n) is 4.26. The second-order valence-electron chi connectivity index (χ2n) is 6.36. The van der Waals surface area contributed by atoms with E-state index in [-0.39, 0.29) is 12.1 Å². The fourth-order valence-electron chi connectivity index (χ4n) is 2.13. The van der Waals surface area contributed by atoms with E-state index >= 15 is 0 Å². The summed E-state index contributed by atoms with van der Waals surface area (Å²) in [5.41, 5.74) is 6.11. The van der Waals surface area contributed by atoms with Crippen molar-refractivity contribution in [1.29, 1.82) is 5.26 Å². The van der Waals surface area contributed by atoms with Crippen LogP contribution in [0.2, 0.25) is 0 Å². The SMILES string of the molecule is CC1(C)OB(C(=Cc2ccc(C#N)cc2F)CN)OC1(C)C. The smallest absolute Gasteiger partial charge is 0.400 e. The van der Waals surface area contributed by atoms with Gasteiger partial charge in [-0.1, -0.05) is 12.1 Å². The molecular weight excluding hydrogens is 282 g/mol. The van der Waals surface area contributed by atoms with Crippen LogP contribution in [0, 0.1) is 17.1 Å². The molecule has 0 aromatic heterocycles. The van der Waals surface area contributed by atoms with Gasteiger partial charge in [0.2, 0.25) is 0 Å². The van der Waals surface area contributed by atoms with Gasteiger partial charge in [0, 0.05) is 12.1 Å². The van der Waals surface area contributed by atoms with Crippen molar-refractivity contribution < 1.29 is 13.7 Å². The molecule has 1 aliphatic rings. The van der Waals surface area contributed by atoms with Crippen molar-refractivity contribution >= 4 is 13.2 Å². The zero-order valence-corrected chi connectivity index (χ0v) is 13.3. The van der Waals surface area contributed by atoms with Crippen LogP contribution in [-0.4, -0.2) is 24.9 Å². The van der Waals surface area contributed by atoms with E-state index in [0.29, 0.717) is 11.0 Å².